The number of amides is 1. The van der Waals surface area contributed by atoms with Gasteiger partial charge in [-0.15, -0.1) is 16.4 Å². The normalized spacial score (nSPS) is 22.0. The van der Waals surface area contributed by atoms with Crippen molar-refractivity contribution >= 4 is 17.2 Å². The number of likely N-dealkylation sites (tertiary alicyclic amines) is 1. The van der Waals surface area contributed by atoms with Gasteiger partial charge in [-0.05, 0) is 47.6 Å². The fourth-order valence-electron chi connectivity index (χ4n) is 4.15. The molecule has 0 saturated carbocycles. The minimum Gasteiger partial charge on any atom is -0.383 e. The predicted octanol–water partition coefficient (Wildman–Crippen LogP) is 1.69. The van der Waals surface area contributed by atoms with Crippen LogP contribution in [0.15, 0.2) is 17.5 Å². The number of rotatable bonds is 7. The lowest BCUT2D eigenvalue weighted by atomic mass is 9.77. The summed E-state index contributed by atoms with van der Waals surface area (Å²) in [6.07, 6.45) is 3.16. The van der Waals surface area contributed by atoms with Crippen LogP contribution in [0.5, 0.6) is 0 Å². The van der Waals surface area contributed by atoms with Gasteiger partial charge in [0.05, 0.1) is 24.6 Å². The first kappa shape index (κ1) is 18.5. The second-order valence-electron chi connectivity index (χ2n) is 7.19. The molecule has 1 atom stereocenters. The molecular formula is C18H25N5O3S. The van der Waals surface area contributed by atoms with Gasteiger partial charge < -0.3 is 14.4 Å². The van der Waals surface area contributed by atoms with Crippen LogP contribution in [0.3, 0.4) is 0 Å². The van der Waals surface area contributed by atoms with E-state index in [4.69, 9.17) is 9.47 Å². The Morgan fingerprint density at radius 2 is 2.22 bits per heavy atom. The highest BCUT2D eigenvalue weighted by molar-refractivity contribution is 7.09. The van der Waals surface area contributed by atoms with Gasteiger partial charge in [0.1, 0.15) is 0 Å². The number of hydrogen-bond acceptors (Lipinski definition) is 7. The molecule has 4 rings (SSSR count). The van der Waals surface area contributed by atoms with Crippen LogP contribution < -0.4 is 0 Å². The van der Waals surface area contributed by atoms with E-state index in [0.29, 0.717) is 32.9 Å². The lowest BCUT2D eigenvalue weighted by Gasteiger charge is -2.31. The van der Waals surface area contributed by atoms with Gasteiger partial charge in [-0.3, -0.25) is 4.79 Å². The molecule has 0 aromatic carbocycles. The van der Waals surface area contributed by atoms with E-state index in [1.807, 2.05) is 4.90 Å². The van der Waals surface area contributed by atoms with Crippen LogP contribution in [0.4, 0.5) is 0 Å². The van der Waals surface area contributed by atoms with E-state index in [1.165, 1.54) is 4.88 Å². The van der Waals surface area contributed by atoms with E-state index in [0.717, 1.165) is 31.5 Å². The third-order valence-electron chi connectivity index (χ3n) is 5.67. The van der Waals surface area contributed by atoms with Gasteiger partial charge in [-0.2, -0.15) is 0 Å². The number of ether oxygens (including phenoxy) is 2. The van der Waals surface area contributed by atoms with Crippen molar-refractivity contribution in [3.05, 3.63) is 28.2 Å². The zero-order valence-corrected chi connectivity index (χ0v) is 16.4. The van der Waals surface area contributed by atoms with Gasteiger partial charge in [0.15, 0.2) is 5.82 Å². The highest BCUT2D eigenvalue weighted by Crippen LogP contribution is 2.49. The van der Waals surface area contributed by atoms with Crippen molar-refractivity contribution in [1.29, 1.82) is 0 Å². The molecule has 0 N–H and O–H groups in total. The molecule has 1 amide bonds. The van der Waals surface area contributed by atoms with Crippen molar-refractivity contribution in [3.63, 3.8) is 0 Å². The zero-order chi connectivity index (χ0) is 18.7. The van der Waals surface area contributed by atoms with E-state index >= 15 is 0 Å². The summed E-state index contributed by atoms with van der Waals surface area (Å²) in [5.41, 5.74) is -0.337. The summed E-state index contributed by atoms with van der Waals surface area (Å²) in [5.74, 6) is 0.989. The first-order valence-electron chi connectivity index (χ1n) is 9.40. The van der Waals surface area contributed by atoms with Crippen LogP contribution in [-0.2, 0) is 27.2 Å². The minimum atomic E-state index is -0.337. The Kier molecular flexibility index (Phi) is 5.51. The number of methoxy groups -OCH3 is 1. The Bertz CT molecular complexity index is 757. The smallest absolute Gasteiger partial charge is 0.229 e. The Morgan fingerprint density at radius 1 is 1.37 bits per heavy atom. The number of tetrazole rings is 1. The maximum Gasteiger partial charge on any atom is 0.229 e. The molecule has 4 heterocycles. The quantitative estimate of drug-likeness (QED) is 0.714. The fourth-order valence-corrected chi connectivity index (χ4v) is 4.85. The van der Waals surface area contributed by atoms with E-state index in [2.05, 4.69) is 33.0 Å². The average Bonchev–Trinajstić information content (AvgIpc) is 3.41. The van der Waals surface area contributed by atoms with Gasteiger partial charge >= 0.3 is 0 Å². The van der Waals surface area contributed by atoms with Crippen LogP contribution in [0.2, 0.25) is 0 Å². The Balaban J connectivity index is 1.60. The van der Waals surface area contributed by atoms with Crippen molar-refractivity contribution in [3.8, 4) is 0 Å². The lowest BCUT2D eigenvalue weighted by Crippen LogP contribution is -2.39. The second kappa shape index (κ2) is 8.04. The van der Waals surface area contributed by atoms with E-state index < -0.39 is 0 Å². The standard InChI is InChI=1S/C18H25N5O3S/c1-25-11-8-23-16(19-20-21-23)15-13-18(5-9-26-10-6-18)17(24)22(15)7-4-14-3-2-12-27-14/h2-3,12,15H,4-11,13H2,1H3. The van der Waals surface area contributed by atoms with Crippen molar-refractivity contribution in [1.82, 2.24) is 25.1 Å². The van der Waals surface area contributed by atoms with Crippen LogP contribution in [-0.4, -0.2) is 64.5 Å². The molecule has 0 radical (unpaired) electrons. The molecule has 27 heavy (non-hydrogen) atoms. The van der Waals surface area contributed by atoms with E-state index in [1.54, 1.807) is 23.1 Å². The van der Waals surface area contributed by atoms with Gasteiger partial charge in [0, 0.05) is 31.7 Å². The Morgan fingerprint density at radius 3 is 2.96 bits per heavy atom. The number of thiophene rings is 1. The number of carbonyl (C=O) groups excluding carboxylic acids is 1. The molecule has 8 nitrogen and oxygen atoms in total. The van der Waals surface area contributed by atoms with Crippen LogP contribution in [0.1, 0.15) is 36.0 Å². The topological polar surface area (TPSA) is 82.4 Å². The van der Waals surface area contributed by atoms with Crippen LogP contribution in [0, 0.1) is 5.41 Å². The molecule has 1 spiro atoms. The molecule has 2 aliphatic heterocycles. The Hall–Kier alpha value is -1.84. The van der Waals surface area contributed by atoms with Crippen molar-refractivity contribution < 1.29 is 14.3 Å². The number of nitrogens with zero attached hydrogens (tertiary/aromatic N) is 5. The summed E-state index contributed by atoms with van der Waals surface area (Å²) in [7, 11) is 1.66. The maximum atomic E-state index is 13.4. The monoisotopic (exact) mass is 391 g/mol. The largest absolute Gasteiger partial charge is 0.383 e. The van der Waals surface area contributed by atoms with Gasteiger partial charge in [-0.1, -0.05) is 6.07 Å². The number of hydrogen-bond donors (Lipinski definition) is 0. The predicted molar refractivity (Wildman–Crippen MR) is 99.3 cm³/mol. The van der Waals surface area contributed by atoms with Gasteiger partial charge in [-0.25, -0.2) is 4.68 Å². The molecular weight excluding hydrogens is 366 g/mol. The molecule has 2 aromatic rings. The zero-order valence-electron chi connectivity index (χ0n) is 15.5. The second-order valence-corrected chi connectivity index (χ2v) is 8.23. The number of carbonyl (C=O) groups is 1. The average molecular weight is 391 g/mol. The summed E-state index contributed by atoms with van der Waals surface area (Å²) in [4.78, 5) is 16.7. The summed E-state index contributed by atoms with van der Waals surface area (Å²) >= 11 is 1.73. The molecule has 2 saturated heterocycles. The molecule has 2 aromatic heterocycles. The SMILES string of the molecule is COCCn1nnnc1C1CC2(CCOCC2)C(=O)N1CCc1cccs1. The number of aromatic nitrogens is 4. The summed E-state index contributed by atoms with van der Waals surface area (Å²) in [5, 5.41) is 14.3. The molecule has 0 bridgehead atoms. The van der Waals surface area contributed by atoms with Crippen molar-refractivity contribution in [2.24, 2.45) is 5.41 Å². The summed E-state index contributed by atoms with van der Waals surface area (Å²) in [6, 6.07) is 4.07. The van der Waals surface area contributed by atoms with Crippen molar-refractivity contribution in [2.45, 2.75) is 38.3 Å². The van der Waals surface area contributed by atoms with Crippen molar-refractivity contribution in [2.75, 3.05) is 33.5 Å². The van der Waals surface area contributed by atoms with E-state index in [-0.39, 0.29) is 17.4 Å². The molecule has 2 fully saturated rings. The fraction of sp³-hybridized carbons (Fsp3) is 0.667. The maximum absolute atomic E-state index is 13.4. The minimum absolute atomic E-state index is 0.0950. The molecule has 1 unspecified atom stereocenters. The van der Waals surface area contributed by atoms with Crippen LogP contribution >= 0.6 is 11.3 Å². The van der Waals surface area contributed by atoms with E-state index in [9.17, 15) is 4.79 Å². The third-order valence-corrected chi connectivity index (χ3v) is 6.60. The Labute approximate surface area is 162 Å². The molecule has 2 aliphatic rings. The highest BCUT2D eigenvalue weighted by atomic mass is 32.1. The molecule has 0 aliphatic carbocycles. The summed E-state index contributed by atoms with van der Waals surface area (Å²) < 4.78 is 12.5. The molecule has 146 valence electrons. The first-order chi connectivity index (χ1) is 13.2. The lowest BCUT2D eigenvalue weighted by molar-refractivity contribution is -0.141. The molecule has 9 heteroatoms. The summed E-state index contributed by atoms with van der Waals surface area (Å²) in [6.45, 7) is 3.09. The third kappa shape index (κ3) is 3.63. The highest BCUT2D eigenvalue weighted by Gasteiger charge is 2.53. The van der Waals surface area contributed by atoms with Crippen LogP contribution in [0.25, 0.3) is 0 Å². The van der Waals surface area contributed by atoms with Gasteiger partial charge in [0.2, 0.25) is 5.91 Å². The first-order valence-corrected chi connectivity index (χ1v) is 10.3. The van der Waals surface area contributed by atoms with Gasteiger partial charge in [0.25, 0.3) is 0 Å².